The standard InChI is InChI=1S/C12H18N4/c1-9-15-11-8-10(14-7-6-13-2)4-5-12(11)16(9)3/h4-5,8,13-14H,6-7H2,1-3H3. The molecule has 0 saturated carbocycles. The van der Waals surface area contributed by atoms with Crippen molar-refractivity contribution in [3.05, 3.63) is 24.0 Å². The molecule has 0 radical (unpaired) electrons. The minimum Gasteiger partial charge on any atom is -0.384 e. The second kappa shape index (κ2) is 4.53. The first-order valence-corrected chi connectivity index (χ1v) is 5.54. The Bertz CT molecular complexity index is 487. The molecule has 86 valence electrons. The van der Waals surface area contributed by atoms with E-state index in [1.165, 1.54) is 5.52 Å². The molecule has 2 aromatic rings. The van der Waals surface area contributed by atoms with Gasteiger partial charge >= 0.3 is 0 Å². The Labute approximate surface area is 95.7 Å². The second-order valence-electron chi connectivity index (χ2n) is 3.95. The highest BCUT2D eigenvalue weighted by atomic mass is 15.1. The number of nitrogens with one attached hydrogen (secondary N) is 2. The summed E-state index contributed by atoms with van der Waals surface area (Å²) in [4.78, 5) is 4.51. The molecule has 1 aromatic heterocycles. The minimum atomic E-state index is 0.924. The lowest BCUT2D eigenvalue weighted by Crippen LogP contribution is -2.17. The summed E-state index contributed by atoms with van der Waals surface area (Å²) in [6, 6.07) is 6.30. The molecule has 2 rings (SSSR count). The predicted octanol–water partition coefficient (Wildman–Crippen LogP) is 1.51. The van der Waals surface area contributed by atoms with Gasteiger partial charge in [0, 0.05) is 25.8 Å². The Morgan fingerprint density at radius 3 is 2.88 bits per heavy atom. The molecule has 1 aromatic carbocycles. The number of hydrogen-bond acceptors (Lipinski definition) is 3. The van der Waals surface area contributed by atoms with E-state index >= 15 is 0 Å². The molecular weight excluding hydrogens is 200 g/mol. The van der Waals surface area contributed by atoms with Gasteiger partial charge < -0.3 is 15.2 Å². The van der Waals surface area contributed by atoms with Crippen LogP contribution in [0.4, 0.5) is 5.69 Å². The average molecular weight is 218 g/mol. The Morgan fingerprint density at radius 2 is 2.12 bits per heavy atom. The molecule has 0 aliphatic carbocycles. The molecule has 0 spiro atoms. The van der Waals surface area contributed by atoms with Gasteiger partial charge in [-0.3, -0.25) is 0 Å². The molecule has 16 heavy (non-hydrogen) atoms. The van der Waals surface area contributed by atoms with Gasteiger partial charge in [0.2, 0.25) is 0 Å². The van der Waals surface area contributed by atoms with Gasteiger partial charge in [0.25, 0.3) is 0 Å². The maximum absolute atomic E-state index is 4.51. The van der Waals surface area contributed by atoms with Crippen molar-refractivity contribution in [2.45, 2.75) is 6.92 Å². The van der Waals surface area contributed by atoms with E-state index in [1.807, 2.05) is 21.0 Å². The fraction of sp³-hybridized carbons (Fsp3) is 0.417. The third kappa shape index (κ3) is 2.02. The summed E-state index contributed by atoms with van der Waals surface area (Å²) in [5.74, 6) is 1.04. The maximum atomic E-state index is 4.51. The van der Waals surface area contributed by atoms with Crippen LogP contribution in [0.2, 0.25) is 0 Å². The van der Waals surface area contributed by atoms with E-state index < -0.39 is 0 Å². The molecule has 0 amide bonds. The van der Waals surface area contributed by atoms with Gasteiger partial charge in [0.05, 0.1) is 11.0 Å². The third-order valence-electron chi connectivity index (χ3n) is 2.81. The Balaban J connectivity index is 2.23. The smallest absolute Gasteiger partial charge is 0.106 e. The van der Waals surface area contributed by atoms with Crippen LogP contribution >= 0.6 is 0 Å². The highest BCUT2D eigenvalue weighted by Gasteiger charge is 2.03. The first kappa shape index (κ1) is 11.0. The molecule has 4 nitrogen and oxygen atoms in total. The molecule has 4 heteroatoms. The van der Waals surface area contributed by atoms with Gasteiger partial charge in [-0.25, -0.2) is 4.98 Å². The Hall–Kier alpha value is -1.55. The van der Waals surface area contributed by atoms with E-state index in [-0.39, 0.29) is 0 Å². The van der Waals surface area contributed by atoms with E-state index in [9.17, 15) is 0 Å². The molecule has 0 fully saturated rings. The number of benzene rings is 1. The summed E-state index contributed by atoms with van der Waals surface area (Å²) >= 11 is 0. The van der Waals surface area contributed by atoms with Crippen molar-refractivity contribution >= 4 is 16.7 Å². The van der Waals surface area contributed by atoms with E-state index in [1.54, 1.807) is 0 Å². The number of imidazole rings is 1. The van der Waals surface area contributed by atoms with Crippen molar-refractivity contribution in [1.82, 2.24) is 14.9 Å². The van der Waals surface area contributed by atoms with E-state index in [0.29, 0.717) is 0 Å². The number of nitrogens with zero attached hydrogens (tertiary/aromatic N) is 2. The number of fused-ring (bicyclic) bond motifs is 1. The molecule has 0 aliphatic heterocycles. The van der Waals surface area contributed by atoms with E-state index in [4.69, 9.17) is 0 Å². The first-order chi connectivity index (χ1) is 7.72. The zero-order valence-electron chi connectivity index (χ0n) is 10.0. The fourth-order valence-electron chi connectivity index (χ4n) is 1.76. The van der Waals surface area contributed by atoms with Crippen LogP contribution in [0.3, 0.4) is 0 Å². The minimum absolute atomic E-state index is 0.924. The van der Waals surface area contributed by atoms with Crippen LogP contribution in [0, 0.1) is 6.92 Å². The lowest BCUT2D eigenvalue weighted by Gasteiger charge is -2.05. The zero-order valence-corrected chi connectivity index (χ0v) is 10.0. The lowest BCUT2D eigenvalue weighted by atomic mass is 10.2. The summed E-state index contributed by atoms with van der Waals surface area (Å²) in [5.41, 5.74) is 3.35. The topological polar surface area (TPSA) is 41.9 Å². The summed E-state index contributed by atoms with van der Waals surface area (Å²) in [5, 5.41) is 6.46. The molecule has 0 aliphatic rings. The molecule has 2 N–H and O–H groups in total. The molecular formula is C12H18N4. The summed E-state index contributed by atoms with van der Waals surface area (Å²) < 4.78 is 2.10. The van der Waals surface area contributed by atoms with Crippen LogP contribution in [-0.2, 0) is 7.05 Å². The van der Waals surface area contributed by atoms with Gasteiger partial charge in [-0.1, -0.05) is 0 Å². The van der Waals surface area contributed by atoms with Crippen molar-refractivity contribution in [2.75, 3.05) is 25.5 Å². The highest BCUT2D eigenvalue weighted by molar-refractivity contribution is 5.80. The van der Waals surface area contributed by atoms with E-state index in [0.717, 1.165) is 30.1 Å². The van der Waals surface area contributed by atoms with Crippen LogP contribution in [0.1, 0.15) is 5.82 Å². The summed E-state index contributed by atoms with van der Waals surface area (Å²) in [6.07, 6.45) is 0. The van der Waals surface area contributed by atoms with Gasteiger partial charge in [-0.15, -0.1) is 0 Å². The summed E-state index contributed by atoms with van der Waals surface area (Å²) in [6.45, 7) is 3.90. The quantitative estimate of drug-likeness (QED) is 0.764. The number of likely N-dealkylation sites (N-methyl/N-ethyl adjacent to an activating group) is 1. The number of hydrogen-bond donors (Lipinski definition) is 2. The second-order valence-corrected chi connectivity index (χ2v) is 3.95. The van der Waals surface area contributed by atoms with Crippen LogP contribution in [0.15, 0.2) is 18.2 Å². The van der Waals surface area contributed by atoms with Gasteiger partial charge in [0.15, 0.2) is 0 Å². The molecule has 0 saturated heterocycles. The Kier molecular flexibility index (Phi) is 3.10. The van der Waals surface area contributed by atoms with Crippen molar-refractivity contribution < 1.29 is 0 Å². The van der Waals surface area contributed by atoms with Gasteiger partial charge in [0.1, 0.15) is 5.82 Å². The van der Waals surface area contributed by atoms with Crippen LogP contribution < -0.4 is 10.6 Å². The molecule has 0 atom stereocenters. The molecule has 0 bridgehead atoms. The van der Waals surface area contributed by atoms with Crippen molar-refractivity contribution in [3.8, 4) is 0 Å². The number of rotatable bonds is 4. The van der Waals surface area contributed by atoms with Crippen molar-refractivity contribution in [2.24, 2.45) is 7.05 Å². The third-order valence-corrected chi connectivity index (χ3v) is 2.81. The van der Waals surface area contributed by atoms with Gasteiger partial charge in [-0.05, 0) is 32.2 Å². The monoisotopic (exact) mass is 218 g/mol. The van der Waals surface area contributed by atoms with Crippen molar-refractivity contribution in [1.29, 1.82) is 0 Å². The number of aromatic nitrogens is 2. The molecule has 0 unspecified atom stereocenters. The first-order valence-electron chi connectivity index (χ1n) is 5.54. The maximum Gasteiger partial charge on any atom is 0.106 e. The van der Waals surface area contributed by atoms with Crippen molar-refractivity contribution in [3.63, 3.8) is 0 Å². The Morgan fingerprint density at radius 1 is 1.31 bits per heavy atom. The summed E-state index contributed by atoms with van der Waals surface area (Å²) in [7, 11) is 3.99. The zero-order chi connectivity index (χ0) is 11.5. The number of anilines is 1. The normalized spacial score (nSPS) is 10.9. The van der Waals surface area contributed by atoms with Crippen LogP contribution in [0.5, 0.6) is 0 Å². The van der Waals surface area contributed by atoms with Crippen LogP contribution in [0.25, 0.3) is 11.0 Å². The average Bonchev–Trinajstić information content (AvgIpc) is 2.55. The van der Waals surface area contributed by atoms with Crippen LogP contribution in [-0.4, -0.2) is 29.7 Å². The van der Waals surface area contributed by atoms with E-state index in [2.05, 4.69) is 38.4 Å². The lowest BCUT2D eigenvalue weighted by molar-refractivity contribution is 0.824. The molecule has 1 heterocycles. The number of aryl methyl sites for hydroxylation is 2. The predicted molar refractivity (Wildman–Crippen MR) is 67.9 cm³/mol. The SMILES string of the molecule is CNCCNc1ccc2c(c1)nc(C)n2C. The fourth-order valence-corrected chi connectivity index (χ4v) is 1.76. The largest absolute Gasteiger partial charge is 0.384 e. The highest BCUT2D eigenvalue weighted by Crippen LogP contribution is 2.18. The van der Waals surface area contributed by atoms with Gasteiger partial charge in [-0.2, -0.15) is 0 Å².